The molecule has 0 bridgehead atoms. The lowest BCUT2D eigenvalue weighted by molar-refractivity contribution is -0.851. The van der Waals surface area contributed by atoms with Crippen molar-refractivity contribution >= 4 is 11.8 Å². The number of quaternary nitrogens is 1. The largest absolute Gasteiger partial charge is 0.466 e. The highest BCUT2D eigenvalue weighted by Crippen LogP contribution is 2.09. The monoisotopic (exact) mass is 147 g/mol. The number of hydrogen-bond donors (Lipinski definition) is 2. The lowest BCUT2D eigenvalue weighted by Crippen LogP contribution is -3.09. The van der Waals surface area contributed by atoms with Gasteiger partial charge in [-0.1, -0.05) is 0 Å². The summed E-state index contributed by atoms with van der Waals surface area (Å²) in [6.45, 7) is 2.46. The molecular formula is C6H13NOS. The van der Waals surface area contributed by atoms with Gasteiger partial charge in [-0.05, 0) is 0 Å². The fraction of sp³-hybridized carbons (Fsp3) is 0.833. The van der Waals surface area contributed by atoms with Gasteiger partial charge in [0.2, 0.25) is 0 Å². The second-order valence-corrected chi connectivity index (χ2v) is 3.79. The number of aliphatic hydroxyl groups is 1. The van der Waals surface area contributed by atoms with Gasteiger partial charge in [0.15, 0.2) is 0 Å². The van der Waals surface area contributed by atoms with Crippen LogP contribution in [0.2, 0.25) is 0 Å². The van der Waals surface area contributed by atoms with E-state index in [1.807, 2.05) is 11.8 Å². The van der Waals surface area contributed by atoms with Crippen molar-refractivity contribution in [1.82, 2.24) is 0 Å². The lowest BCUT2D eigenvalue weighted by atomic mass is 10.4. The first-order valence-electron chi connectivity index (χ1n) is 3.22. The normalized spacial score (nSPS) is 36.7. The molecule has 0 aliphatic carbocycles. The van der Waals surface area contributed by atoms with Gasteiger partial charge in [0.1, 0.15) is 0 Å². The highest BCUT2D eigenvalue weighted by atomic mass is 32.2. The van der Waals surface area contributed by atoms with E-state index in [4.69, 9.17) is 5.11 Å². The number of aliphatic hydroxyl groups excluding tert-OH is 1. The van der Waals surface area contributed by atoms with Gasteiger partial charge >= 0.3 is 0 Å². The third-order valence-electron chi connectivity index (χ3n) is 1.53. The van der Waals surface area contributed by atoms with E-state index < -0.39 is 0 Å². The van der Waals surface area contributed by atoms with Crippen molar-refractivity contribution in [3.8, 4) is 0 Å². The molecule has 2 nitrogen and oxygen atoms in total. The molecule has 1 heterocycles. The molecule has 0 amide bonds. The summed E-state index contributed by atoms with van der Waals surface area (Å²) in [4.78, 5) is 1.30. The van der Waals surface area contributed by atoms with Gasteiger partial charge in [-0.25, -0.2) is 0 Å². The minimum atomic E-state index is 0.309. The maximum Gasteiger partial charge on any atom is 0.0749 e. The Kier molecular flexibility index (Phi) is 2.82. The van der Waals surface area contributed by atoms with Crippen LogP contribution in [-0.4, -0.2) is 35.8 Å². The Morgan fingerprint density at radius 1 is 1.78 bits per heavy atom. The maximum atomic E-state index is 8.75. The molecule has 2 N–H and O–H groups in total. The Morgan fingerprint density at radius 2 is 2.56 bits per heavy atom. The van der Waals surface area contributed by atoms with Gasteiger partial charge in [-0.2, -0.15) is 7.05 Å². The SMILES string of the molecule is [CH2-][NH+]1CCS[C@@H](CO)C1. The lowest BCUT2D eigenvalue weighted by Gasteiger charge is -2.30. The molecule has 0 radical (unpaired) electrons. The summed E-state index contributed by atoms with van der Waals surface area (Å²) in [6, 6.07) is 0. The third-order valence-corrected chi connectivity index (χ3v) is 2.76. The average Bonchev–Trinajstić information content (AvgIpc) is 1.88. The van der Waals surface area contributed by atoms with E-state index in [1.165, 1.54) is 4.90 Å². The minimum Gasteiger partial charge on any atom is -0.466 e. The predicted molar refractivity (Wildman–Crippen MR) is 39.4 cm³/mol. The van der Waals surface area contributed by atoms with Gasteiger partial charge in [0, 0.05) is 5.75 Å². The highest BCUT2D eigenvalue weighted by molar-refractivity contribution is 8.00. The second-order valence-electron chi connectivity index (χ2n) is 2.38. The number of hydrogen-bond acceptors (Lipinski definition) is 2. The molecule has 54 valence electrons. The van der Waals surface area contributed by atoms with Crippen molar-refractivity contribution in [1.29, 1.82) is 0 Å². The molecule has 1 unspecified atom stereocenters. The zero-order chi connectivity index (χ0) is 6.69. The molecule has 1 rings (SSSR count). The molecule has 0 aromatic carbocycles. The van der Waals surface area contributed by atoms with Crippen LogP contribution in [0.4, 0.5) is 0 Å². The third kappa shape index (κ3) is 2.16. The molecule has 0 spiro atoms. The van der Waals surface area contributed by atoms with Crippen LogP contribution in [0, 0.1) is 7.05 Å². The van der Waals surface area contributed by atoms with Gasteiger partial charge in [-0.15, -0.1) is 11.8 Å². The summed E-state index contributed by atoms with van der Waals surface area (Å²) in [7, 11) is 3.89. The summed E-state index contributed by atoms with van der Waals surface area (Å²) >= 11 is 1.86. The number of thioether (sulfide) groups is 1. The molecule has 9 heavy (non-hydrogen) atoms. The number of nitrogens with one attached hydrogen (secondary N) is 1. The van der Waals surface area contributed by atoms with Gasteiger partial charge in [-0.3, -0.25) is 0 Å². The van der Waals surface area contributed by atoms with Crippen molar-refractivity contribution in [3.63, 3.8) is 0 Å². The summed E-state index contributed by atoms with van der Waals surface area (Å²) < 4.78 is 0. The fourth-order valence-electron chi connectivity index (χ4n) is 0.970. The first kappa shape index (κ1) is 7.38. The molecule has 1 saturated heterocycles. The van der Waals surface area contributed by atoms with Crippen molar-refractivity contribution in [3.05, 3.63) is 7.05 Å². The summed E-state index contributed by atoms with van der Waals surface area (Å²) in [5.41, 5.74) is 0. The first-order valence-corrected chi connectivity index (χ1v) is 4.27. The molecule has 0 aromatic rings. The van der Waals surface area contributed by atoms with Crippen LogP contribution in [0.5, 0.6) is 0 Å². The molecule has 1 aliphatic heterocycles. The van der Waals surface area contributed by atoms with Gasteiger partial charge < -0.3 is 10.0 Å². The van der Waals surface area contributed by atoms with E-state index in [1.54, 1.807) is 0 Å². The molecule has 1 fully saturated rings. The molecular weight excluding hydrogens is 134 g/mol. The van der Waals surface area contributed by atoms with Crippen LogP contribution in [0.1, 0.15) is 0 Å². The van der Waals surface area contributed by atoms with Crippen LogP contribution >= 0.6 is 11.8 Å². The zero-order valence-corrected chi connectivity index (χ0v) is 6.28. The molecule has 3 heteroatoms. The van der Waals surface area contributed by atoms with Crippen LogP contribution < -0.4 is 4.90 Å². The molecule has 0 saturated carbocycles. The maximum absolute atomic E-state index is 8.75. The van der Waals surface area contributed by atoms with Crippen LogP contribution in [0.15, 0.2) is 0 Å². The van der Waals surface area contributed by atoms with Crippen LogP contribution in [0.3, 0.4) is 0 Å². The minimum absolute atomic E-state index is 0.309. The summed E-state index contributed by atoms with van der Waals surface area (Å²) in [5.74, 6) is 1.14. The van der Waals surface area contributed by atoms with Crippen molar-refractivity contribution < 1.29 is 10.0 Å². The van der Waals surface area contributed by atoms with Crippen LogP contribution in [0.25, 0.3) is 0 Å². The topological polar surface area (TPSA) is 24.7 Å². The Hall–Kier alpha value is 0.270. The Balaban J connectivity index is 2.23. The van der Waals surface area contributed by atoms with E-state index in [0.717, 1.165) is 18.8 Å². The average molecular weight is 147 g/mol. The fourth-order valence-corrected chi connectivity index (χ4v) is 2.17. The highest BCUT2D eigenvalue weighted by Gasteiger charge is 2.16. The van der Waals surface area contributed by atoms with Crippen LogP contribution in [-0.2, 0) is 0 Å². The van der Waals surface area contributed by atoms with Gasteiger partial charge in [0.25, 0.3) is 0 Å². The van der Waals surface area contributed by atoms with Crippen molar-refractivity contribution in [2.24, 2.45) is 0 Å². The predicted octanol–water partition coefficient (Wildman–Crippen LogP) is -1.23. The van der Waals surface area contributed by atoms with Gasteiger partial charge in [0.05, 0.1) is 24.9 Å². The first-order chi connectivity index (χ1) is 4.33. The smallest absolute Gasteiger partial charge is 0.0749 e. The zero-order valence-electron chi connectivity index (χ0n) is 5.47. The Labute approximate surface area is 60.2 Å². The Morgan fingerprint density at radius 3 is 3.00 bits per heavy atom. The van der Waals surface area contributed by atoms with Crippen molar-refractivity contribution in [2.75, 3.05) is 25.4 Å². The van der Waals surface area contributed by atoms with Crippen molar-refractivity contribution in [2.45, 2.75) is 5.25 Å². The van der Waals surface area contributed by atoms with E-state index in [2.05, 4.69) is 7.05 Å². The molecule has 1 aliphatic rings. The van der Waals surface area contributed by atoms with E-state index in [0.29, 0.717) is 11.9 Å². The molecule has 2 atom stereocenters. The van der Waals surface area contributed by atoms with E-state index >= 15 is 0 Å². The second kappa shape index (κ2) is 3.44. The molecule has 0 aromatic heterocycles. The summed E-state index contributed by atoms with van der Waals surface area (Å²) in [5, 5.41) is 9.18. The standard InChI is InChI=1S/C6H13NOS/c1-7-2-3-9-6(4-7)5-8/h6-8H,1-5H2/t6-/m1/s1. The quantitative estimate of drug-likeness (QED) is 0.454. The number of rotatable bonds is 1. The van der Waals surface area contributed by atoms with E-state index in [9.17, 15) is 0 Å². The van der Waals surface area contributed by atoms with E-state index in [-0.39, 0.29) is 0 Å². The summed E-state index contributed by atoms with van der Waals surface area (Å²) in [6.07, 6.45) is 0. The Bertz CT molecular complexity index is 89.1.